The molecule has 2 aromatic rings. The molecule has 2 atom stereocenters. The first kappa shape index (κ1) is 12.5. The van der Waals surface area contributed by atoms with Gasteiger partial charge in [0.25, 0.3) is 5.91 Å². The normalized spacial score (nSPS) is 21.5. The van der Waals surface area contributed by atoms with Crippen LogP contribution in [0.2, 0.25) is 0 Å². The number of nitrogens with two attached hydrogens (primary N) is 1. The highest BCUT2D eigenvalue weighted by Gasteiger charge is 2.37. The number of carbonyl (C=O) groups is 1. The van der Waals surface area contributed by atoms with Crippen LogP contribution in [0.4, 0.5) is 5.69 Å². The van der Waals surface area contributed by atoms with E-state index in [1.165, 1.54) is 24.2 Å². The van der Waals surface area contributed by atoms with Crippen molar-refractivity contribution in [2.24, 2.45) is 5.92 Å². The number of carbonyl (C=O) groups excluding carboxylic acids is 1. The van der Waals surface area contributed by atoms with Crippen molar-refractivity contribution in [3.8, 4) is 0 Å². The molecule has 0 bridgehead atoms. The molecular formula is C15H18N2OS. The maximum Gasteiger partial charge on any atom is 0.261 e. The van der Waals surface area contributed by atoms with Gasteiger partial charge in [0.15, 0.2) is 0 Å². The number of amides is 1. The van der Waals surface area contributed by atoms with Gasteiger partial charge in [-0.1, -0.05) is 13.3 Å². The molecule has 4 heteroatoms. The molecule has 1 fully saturated rings. The summed E-state index contributed by atoms with van der Waals surface area (Å²) in [5, 5.41) is 4.17. The van der Waals surface area contributed by atoms with E-state index in [0.29, 0.717) is 12.0 Å². The third-order valence-electron chi connectivity index (χ3n) is 3.66. The van der Waals surface area contributed by atoms with Crippen molar-refractivity contribution < 1.29 is 4.79 Å². The van der Waals surface area contributed by atoms with E-state index in [4.69, 9.17) is 5.73 Å². The van der Waals surface area contributed by atoms with E-state index >= 15 is 0 Å². The fourth-order valence-electron chi connectivity index (χ4n) is 2.53. The molecular weight excluding hydrogens is 256 g/mol. The van der Waals surface area contributed by atoms with Crippen LogP contribution in [0.25, 0.3) is 10.1 Å². The zero-order valence-electron chi connectivity index (χ0n) is 11.0. The molecule has 0 saturated heterocycles. The second-order valence-corrected chi connectivity index (χ2v) is 6.36. The third kappa shape index (κ3) is 2.59. The van der Waals surface area contributed by atoms with Gasteiger partial charge in [0, 0.05) is 16.4 Å². The lowest BCUT2D eigenvalue weighted by atomic mass is 10.2. The molecule has 1 aromatic carbocycles. The smallest absolute Gasteiger partial charge is 0.261 e. The van der Waals surface area contributed by atoms with Crippen LogP contribution in [-0.4, -0.2) is 11.9 Å². The van der Waals surface area contributed by atoms with Crippen LogP contribution in [0.15, 0.2) is 24.3 Å². The van der Waals surface area contributed by atoms with Crippen molar-refractivity contribution in [1.82, 2.24) is 5.32 Å². The van der Waals surface area contributed by atoms with Crippen molar-refractivity contribution in [2.45, 2.75) is 32.2 Å². The quantitative estimate of drug-likeness (QED) is 0.840. The van der Waals surface area contributed by atoms with Crippen LogP contribution in [0.1, 0.15) is 35.9 Å². The molecule has 1 aromatic heterocycles. The van der Waals surface area contributed by atoms with Crippen LogP contribution < -0.4 is 11.1 Å². The van der Waals surface area contributed by atoms with Crippen LogP contribution in [0, 0.1) is 5.92 Å². The van der Waals surface area contributed by atoms with Crippen LogP contribution in [0.3, 0.4) is 0 Å². The average molecular weight is 274 g/mol. The highest BCUT2D eigenvalue weighted by molar-refractivity contribution is 7.20. The zero-order valence-corrected chi connectivity index (χ0v) is 11.8. The first-order valence-electron chi connectivity index (χ1n) is 6.77. The maximum absolute atomic E-state index is 12.2. The summed E-state index contributed by atoms with van der Waals surface area (Å²) in [6.45, 7) is 2.19. The number of hydrogen-bond acceptors (Lipinski definition) is 3. The van der Waals surface area contributed by atoms with Crippen molar-refractivity contribution in [3.63, 3.8) is 0 Å². The van der Waals surface area contributed by atoms with Crippen molar-refractivity contribution in [3.05, 3.63) is 29.1 Å². The van der Waals surface area contributed by atoms with Gasteiger partial charge >= 0.3 is 0 Å². The van der Waals surface area contributed by atoms with Gasteiger partial charge < -0.3 is 11.1 Å². The number of hydrogen-bond donors (Lipinski definition) is 2. The summed E-state index contributed by atoms with van der Waals surface area (Å²) in [7, 11) is 0. The van der Waals surface area contributed by atoms with Crippen LogP contribution >= 0.6 is 11.3 Å². The minimum Gasteiger partial charge on any atom is -0.399 e. The second kappa shape index (κ2) is 4.85. The lowest BCUT2D eigenvalue weighted by molar-refractivity contribution is 0.0953. The Morgan fingerprint density at radius 2 is 2.32 bits per heavy atom. The van der Waals surface area contributed by atoms with Gasteiger partial charge in [0.2, 0.25) is 0 Å². The predicted octanol–water partition coefficient (Wildman–Crippen LogP) is 3.40. The number of fused-ring (bicyclic) bond motifs is 1. The van der Waals surface area contributed by atoms with Gasteiger partial charge in [-0.15, -0.1) is 11.3 Å². The molecule has 0 spiro atoms. The fourth-order valence-corrected chi connectivity index (χ4v) is 3.47. The standard InChI is InChI=1S/C15H18N2OS/c1-2-3-9-7-12(9)17-15(18)14-8-10-6-11(16)4-5-13(10)19-14/h4-6,8-9,12H,2-3,7,16H2,1H3,(H,17,18). The summed E-state index contributed by atoms with van der Waals surface area (Å²) < 4.78 is 1.11. The van der Waals surface area contributed by atoms with E-state index in [0.717, 1.165) is 27.1 Å². The van der Waals surface area contributed by atoms with E-state index in [2.05, 4.69) is 12.2 Å². The molecule has 3 nitrogen and oxygen atoms in total. The summed E-state index contributed by atoms with van der Waals surface area (Å²) in [5.41, 5.74) is 6.49. The number of anilines is 1. The predicted molar refractivity (Wildman–Crippen MR) is 80.5 cm³/mol. The van der Waals surface area contributed by atoms with E-state index in [1.54, 1.807) is 0 Å². The Morgan fingerprint density at radius 3 is 3.11 bits per heavy atom. The minimum atomic E-state index is 0.0587. The van der Waals surface area contributed by atoms with Gasteiger partial charge in [0.05, 0.1) is 4.88 Å². The van der Waals surface area contributed by atoms with Crippen LogP contribution in [-0.2, 0) is 0 Å². The lowest BCUT2D eigenvalue weighted by Crippen LogP contribution is -2.25. The molecule has 3 rings (SSSR count). The average Bonchev–Trinajstić information content (AvgIpc) is 2.96. The van der Waals surface area contributed by atoms with Gasteiger partial charge in [-0.3, -0.25) is 4.79 Å². The number of thiophene rings is 1. The fraction of sp³-hybridized carbons (Fsp3) is 0.400. The van der Waals surface area contributed by atoms with Gasteiger partial charge in [-0.25, -0.2) is 0 Å². The van der Waals surface area contributed by atoms with E-state index < -0.39 is 0 Å². The largest absolute Gasteiger partial charge is 0.399 e. The number of benzene rings is 1. The van der Waals surface area contributed by atoms with Crippen molar-refractivity contribution in [1.29, 1.82) is 0 Å². The highest BCUT2D eigenvalue weighted by atomic mass is 32.1. The first-order chi connectivity index (χ1) is 9.17. The summed E-state index contributed by atoms with van der Waals surface area (Å²) >= 11 is 1.53. The van der Waals surface area contributed by atoms with E-state index in [1.807, 2.05) is 24.3 Å². The lowest BCUT2D eigenvalue weighted by Gasteiger charge is -2.01. The Morgan fingerprint density at radius 1 is 1.47 bits per heavy atom. The molecule has 0 radical (unpaired) electrons. The molecule has 1 aliphatic carbocycles. The highest BCUT2D eigenvalue weighted by Crippen LogP contribution is 2.35. The van der Waals surface area contributed by atoms with Gasteiger partial charge in [0.1, 0.15) is 0 Å². The Labute approximate surface area is 116 Å². The maximum atomic E-state index is 12.2. The van der Waals surface area contributed by atoms with Crippen LogP contribution in [0.5, 0.6) is 0 Å². The minimum absolute atomic E-state index is 0.0587. The molecule has 0 aliphatic heterocycles. The summed E-state index contributed by atoms with van der Waals surface area (Å²) in [4.78, 5) is 12.9. The number of nitrogens with one attached hydrogen (secondary N) is 1. The number of rotatable bonds is 4. The summed E-state index contributed by atoms with van der Waals surface area (Å²) in [6, 6.07) is 8.09. The molecule has 1 saturated carbocycles. The molecule has 100 valence electrons. The molecule has 1 heterocycles. The van der Waals surface area contributed by atoms with Crippen molar-refractivity contribution in [2.75, 3.05) is 5.73 Å². The molecule has 1 amide bonds. The monoisotopic (exact) mass is 274 g/mol. The zero-order chi connectivity index (χ0) is 13.4. The van der Waals surface area contributed by atoms with E-state index in [-0.39, 0.29) is 5.91 Å². The Balaban J connectivity index is 1.72. The third-order valence-corrected chi connectivity index (χ3v) is 4.78. The molecule has 19 heavy (non-hydrogen) atoms. The summed E-state index contributed by atoms with van der Waals surface area (Å²) in [6.07, 6.45) is 3.55. The SMILES string of the molecule is CCCC1CC1NC(=O)c1cc2cc(N)ccc2s1. The summed E-state index contributed by atoms with van der Waals surface area (Å²) in [5.74, 6) is 0.752. The Hall–Kier alpha value is -1.55. The van der Waals surface area contributed by atoms with Crippen molar-refractivity contribution >= 4 is 33.0 Å². The first-order valence-corrected chi connectivity index (χ1v) is 7.59. The molecule has 1 aliphatic rings. The topological polar surface area (TPSA) is 55.1 Å². The number of nitrogen functional groups attached to an aromatic ring is 1. The van der Waals surface area contributed by atoms with E-state index in [9.17, 15) is 4.79 Å². The van der Waals surface area contributed by atoms with Gasteiger partial charge in [-0.2, -0.15) is 0 Å². The second-order valence-electron chi connectivity index (χ2n) is 5.27. The molecule has 3 N–H and O–H groups in total. The van der Waals surface area contributed by atoms with Gasteiger partial charge in [-0.05, 0) is 48.4 Å². The Bertz CT molecular complexity index is 620. The Kier molecular flexibility index (Phi) is 3.19. The molecule has 2 unspecified atom stereocenters.